The molecule has 1 aliphatic carbocycles. The van der Waals surface area contributed by atoms with Crippen LogP contribution in [0.15, 0.2) is 48.8 Å². The van der Waals surface area contributed by atoms with E-state index in [9.17, 15) is 18.0 Å². The van der Waals surface area contributed by atoms with Gasteiger partial charge < -0.3 is 15.0 Å². The van der Waals surface area contributed by atoms with Gasteiger partial charge in [0.25, 0.3) is 0 Å². The molecule has 152 valence electrons. The van der Waals surface area contributed by atoms with E-state index in [1.165, 1.54) is 12.3 Å². The molecule has 1 amide bonds. The topological polar surface area (TPSA) is 67.0 Å². The van der Waals surface area contributed by atoms with Crippen molar-refractivity contribution in [2.24, 2.45) is 5.92 Å². The highest BCUT2D eigenvalue weighted by atomic mass is 19.4. The molecular weight excluding hydrogens is 383 g/mol. The van der Waals surface area contributed by atoms with Gasteiger partial charge in [0.15, 0.2) is 6.61 Å². The third-order valence-corrected chi connectivity index (χ3v) is 5.10. The van der Waals surface area contributed by atoms with Crippen LogP contribution in [0, 0.1) is 5.92 Å². The van der Waals surface area contributed by atoms with Crippen LogP contribution in [0.4, 0.5) is 13.2 Å². The van der Waals surface area contributed by atoms with Crippen molar-refractivity contribution in [3.63, 3.8) is 0 Å². The average molecular weight is 403 g/mol. The summed E-state index contributed by atoms with van der Waals surface area (Å²) in [6.07, 6.45) is -0.483. The van der Waals surface area contributed by atoms with E-state index >= 15 is 0 Å². The quantitative estimate of drug-likeness (QED) is 0.638. The standard InChI is InChI=1S/C21H20F3N3O2/c1-12(18-5-4-15(10-26-18)29-11-21(22,23)24)27-20(28)17-9-16(17)14-3-2-13-6-7-25-19(13)8-14/h2-8,10,12,16-17,25H,9,11H2,1H3,(H,27,28)/t12-,16+,17-/m1/s1. The summed E-state index contributed by atoms with van der Waals surface area (Å²) in [5, 5.41) is 4.07. The summed E-state index contributed by atoms with van der Waals surface area (Å²) in [6.45, 7) is 0.427. The zero-order chi connectivity index (χ0) is 20.6. The lowest BCUT2D eigenvalue weighted by Gasteiger charge is -2.14. The summed E-state index contributed by atoms with van der Waals surface area (Å²) >= 11 is 0. The predicted octanol–water partition coefficient (Wildman–Crippen LogP) is 4.48. The van der Waals surface area contributed by atoms with E-state index in [0.717, 1.165) is 22.9 Å². The number of hydrogen-bond donors (Lipinski definition) is 2. The van der Waals surface area contributed by atoms with Gasteiger partial charge in [-0.1, -0.05) is 12.1 Å². The van der Waals surface area contributed by atoms with Crippen LogP contribution in [0.3, 0.4) is 0 Å². The molecule has 0 aliphatic heterocycles. The van der Waals surface area contributed by atoms with Crippen molar-refractivity contribution in [1.29, 1.82) is 0 Å². The Kier molecular flexibility index (Phi) is 4.94. The smallest absolute Gasteiger partial charge is 0.422 e. The highest BCUT2D eigenvalue weighted by Gasteiger charge is 2.44. The molecule has 0 saturated heterocycles. The molecule has 1 fully saturated rings. The number of carbonyl (C=O) groups is 1. The van der Waals surface area contributed by atoms with Gasteiger partial charge in [-0.15, -0.1) is 0 Å². The lowest BCUT2D eigenvalue weighted by molar-refractivity contribution is -0.153. The maximum absolute atomic E-state index is 12.6. The summed E-state index contributed by atoms with van der Waals surface area (Å²) in [6, 6.07) is 10.8. The number of alkyl halides is 3. The van der Waals surface area contributed by atoms with Gasteiger partial charge in [-0.25, -0.2) is 0 Å². The zero-order valence-corrected chi connectivity index (χ0v) is 15.7. The Morgan fingerprint density at radius 2 is 2.14 bits per heavy atom. The zero-order valence-electron chi connectivity index (χ0n) is 15.7. The van der Waals surface area contributed by atoms with Crippen LogP contribution < -0.4 is 10.1 Å². The minimum Gasteiger partial charge on any atom is -0.483 e. The van der Waals surface area contributed by atoms with E-state index in [2.05, 4.69) is 32.2 Å². The number of pyridine rings is 1. The van der Waals surface area contributed by atoms with Gasteiger partial charge >= 0.3 is 6.18 Å². The Balaban J connectivity index is 1.32. The molecule has 2 aromatic heterocycles. The number of H-pyrrole nitrogens is 1. The van der Waals surface area contributed by atoms with Gasteiger partial charge in [-0.3, -0.25) is 9.78 Å². The van der Waals surface area contributed by atoms with E-state index in [0.29, 0.717) is 5.69 Å². The number of fused-ring (bicyclic) bond motifs is 1. The number of aromatic amines is 1. The average Bonchev–Trinajstić information content (AvgIpc) is 3.36. The first-order valence-electron chi connectivity index (χ1n) is 9.33. The molecule has 8 heteroatoms. The highest BCUT2D eigenvalue weighted by molar-refractivity contribution is 5.84. The monoisotopic (exact) mass is 403 g/mol. The second kappa shape index (κ2) is 7.42. The summed E-state index contributed by atoms with van der Waals surface area (Å²) in [5.41, 5.74) is 2.75. The van der Waals surface area contributed by atoms with Gasteiger partial charge in [0.05, 0.1) is 17.9 Å². The first-order valence-corrected chi connectivity index (χ1v) is 9.33. The normalized spacial score (nSPS) is 19.7. The number of halogens is 3. The highest BCUT2D eigenvalue weighted by Crippen LogP contribution is 2.48. The minimum absolute atomic E-state index is 0.0339. The van der Waals surface area contributed by atoms with Gasteiger partial charge in [0.1, 0.15) is 5.75 Å². The number of carbonyl (C=O) groups excluding carboxylic acids is 1. The summed E-state index contributed by atoms with van der Waals surface area (Å²) in [7, 11) is 0. The molecular formula is C21H20F3N3O2. The molecule has 0 bridgehead atoms. The van der Waals surface area contributed by atoms with E-state index in [-0.39, 0.29) is 29.5 Å². The largest absolute Gasteiger partial charge is 0.483 e. The maximum atomic E-state index is 12.6. The van der Waals surface area contributed by atoms with Crippen molar-refractivity contribution >= 4 is 16.8 Å². The third kappa shape index (κ3) is 4.52. The number of hydrogen-bond acceptors (Lipinski definition) is 3. The van der Waals surface area contributed by atoms with E-state index in [1.54, 1.807) is 13.0 Å². The Morgan fingerprint density at radius 1 is 1.31 bits per heavy atom. The van der Waals surface area contributed by atoms with Crippen molar-refractivity contribution in [3.8, 4) is 5.75 Å². The molecule has 0 spiro atoms. The first-order chi connectivity index (χ1) is 13.8. The lowest BCUT2D eigenvalue weighted by Crippen LogP contribution is -2.29. The van der Waals surface area contributed by atoms with Crippen LogP contribution >= 0.6 is 0 Å². The number of nitrogens with one attached hydrogen (secondary N) is 2. The molecule has 2 N–H and O–H groups in total. The fourth-order valence-corrected chi connectivity index (χ4v) is 3.44. The molecule has 0 unspecified atom stereocenters. The Bertz CT molecular complexity index is 1010. The fourth-order valence-electron chi connectivity index (χ4n) is 3.44. The van der Waals surface area contributed by atoms with Gasteiger partial charge in [0, 0.05) is 17.6 Å². The molecule has 0 radical (unpaired) electrons. The number of rotatable bonds is 6. The second-order valence-electron chi connectivity index (χ2n) is 7.33. The molecule has 3 aromatic rings. The molecule has 29 heavy (non-hydrogen) atoms. The van der Waals surface area contributed by atoms with E-state index in [4.69, 9.17) is 0 Å². The molecule has 1 saturated carbocycles. The second-order valence-corrected chi connectivity index (χ2v) is 7.33. The predicted molar refractivity (Wildman–Crippen MR) is 101 cm³/mol. The Labute approximate surface area is 165 Å². The minimum atomic E-state index is -4.40. The Hall–Kier alpha value is -3.03. The number of amides is 1. The van der Waals surface area contributed by atoms with Crippen molar-refractivity contribution in [3.05, 3.63) is 60.0 Å². The van der Waals surface area contributed by atoms with Crippen molar-refractivity contribution in [2.45, 2.75) is 31.5 Å². The molecule has 4 rings (SSSR count). The van der Waals surface area contributed by atoms with Gasteiger partial charge in [-0.2, -0.15) is 13.2 Å². The van der Waals surface area contributed by atoms with Crippen molar-refractivity contribution in [2.75, 3.05) is 6.61 Å². The van der Waals surface area contributed by atoms with Crippen LogP contribution in [0.1, 0.15) is 36.6 Å². The molecule has 1 aliphatic rings. The van der Waals surface area contributed by atoms with E-state index in [1.807, 2.05) is 18.3 Å². The van der Waals surface area contributed by atoms with Crippen LogP contribution in [-0.4, -0.2) is 28.7 Å². The first kappa shape index (κ1) is 19.3. The van der Waals surface area contributed by atoms with Crippen LogP contribution in [0.2, 0.25) is 0 Å². The number of ether oxygens (including phenoxy) is 1. The molecule has 5 nitrogen and oxygen atoms in total. The molecule has 1 aromatic carbocycles. The summed E-state index contributed by atoms with van der Waals surface area (Å²) < 4.78 is 41.2. The maximum Gasteiger partial charge on any atom is 0.422 e. The van der Waals surface area contributed by atoms with E-state index < -0.39 is 12.8 Å². The fraction of sp³-hybridized carbons (Fsp3) is 0.333. The molecule has 3 atom stereocenters. The SMILES string of the molecule is C[C@@H](NC(=O)[C@@H]1C[C@H]1c1ccc2cc[nH]c2c1)c1ccc(OCC(F)(F)F)cn1. The van der Waals surface area contributed by atoms with Gasteiger partial charge in [0.2, 0.25) is 5.91 Å². The van der Waals surface area contributed by atoms with Crippen molar-refractivity contribution < 1.29 is 22.7 Å². The summed E-state index contributed by atoms with van der Waals surface area (Å²) in [4.78, 5) is 19.9. The number of aromatic nitrogens is 2. The van der Waals surface area contributed by atoms with Gasteiger partial charge in [-0.05, 0) is 54.5 Å². The Morgan fingerprint density at radius 3 is 2.86 bits per heavy atom. The number of nitrogens with zero attached hydrogens (tertiary/aromatic N) is 1. The number of benzene rings is 1. The van der Waals surface area contributed by atoms with Crippen LogP contribution in [0.5, 0.6) is 5.75 Å². The van der Waals surface area contributed by atoms with Crippen LogP contribution in [-0.2, 0) is 4.79 Å². The van der Waals surface area contributed by atoms with Crippen molar-refractivity contribution in [1.82, 2.24) is 15.3 Å². The third-order valence-electron chi connectivity index (χ3n) is 5.10. The van der Waals surface area contributed by atoms with Crippen LogP contribution in [0.25, 0.3) is 10.9 Å². The molecule has 2 heterocycles. The summed E-state index contributed by atoms with van der Waals surface area (Å²) in [5.74, 6) is 0.0973. The lowest BCUT2D eigenvalue weighted by atomic mass is 10.1.